The second-order valence-corrected chi connectivity index (χ2v) is 3.82. The quantitative estimate of drug-likeness (QED) is 0.397. The van der Waals surface area contributed by atoms with Crippen LogP contribution in [0.15, 0.2) is 4.99 Å². The molecule has 0 amide bonds. The molecule has 1 aliphatic carbocycles. The molecule has 0 aliphatic heterocycles. The van der Waals surface area contributed by atoms with Crippen molar-refractivity contribution in [3.8, 4) is 0 Å². The number of aliphatic imine (C=N–C) groups is 1. The Bertz CT molecular complexity index is 139. The molecule has 1 fully saturated rings. The van der Waals surface area contributed by atoms with Gasteiger partial charge in [-0.3, -0.25) is 0 Å². The van der Waals surface area contributed by atoms with Crippen LogP contribution < -0.4 is 5.32 Å². The van der Waals surface area contributed by atoms with Gasteiger partial charge in [0.1, 0.15) is 0 Å². The van der Waals surface area contributed by atoms with E-state index in [0.717, 1.165) is 4.73 Å². The van der Waals surface area contributed by atoms with Crippen molar-refractivity contribution in [2.45, 2.75) is 38.1 Å². The summed E-state index contributed by atoms with van der Waals surface area (Å²) in [4.78, 5) is 4.03. The first-order chi connectivity index (χ1) is 5.33. The Balaban J connectivity index is 2.24. The van der Waals surface area contributed by atoms with Gasteiger partial charge in [-0.15, -0.1) is 0 Å². The monoisotopic (exact) mass is 219 g/mol. The standard InChI is InChI=1S/C8H15N2Se/c1-9-8(11)10-7-5-3-2-4-6-7/h7H,2-6H2,1H3,(H,9,10). The van der Waals surface area contributed by atoms with Gasteiger partial charge in [-0.2, -0.15) is 0 Å². The van der Waals surface area contributed by atoms with Gasteiger partial charge in [-0.25, -0.2) is 0 Å². The summed E-state index contributed by atoms with van der Waals surface area (Å²) in [5, 5.41) is 3.36. The van der Waals surface area contributed by atoms with Crippen LogP contribution in [0.1, 0.15) is 32.1 Å². The van der Waals surface area contributed by atoms with Crippen LogP contribution in [0.25, 0.3) is 0 Å². The van der Waals surface area contributed by atoms with Crippen molar-refractivity contribution >= 4 is 20.7 Å². The summed E-state index contributed by atoms with van der Waals surface area (Å²) >= 11 is 2.91. The van der Waals surface area contributed by atoms with Gasteiger partial charge in [0.2, 0.25) is 0 Å². The Hall–Kier alpha value is -0.0105. The van der Waals surface area contributed by atoms with Crippen molar-refractivity contribution < 1.29 is 0 Å². The van der Waals surface area contributed by atoms with Crippen molar-refractivity contribution in [1.29, 1.82) is 0 Å². The normalized spacial score (nSPS) is 21.7. The van der Waals surface area contributed by atoms with Crippen LogP contribution in [0.3, 0.4) is 0 Å². The molecule has 1 saturated carbocycles. The molecule has 11 heavy (non-hydrogen) atoms. The van der Waals surface area contributed by atoms with E-state index in [2.05, 4.69) is 26.3 Å². The first-order valence-corrected chi connectivity index (χ1v) is 5.09. The van der Waals surface area contributed by atoms with Crippen LogP contribution in [-0.2, 0) is 0 Å². The van der Waals surface area contributed by atoms with Gasteiger partial charge in [-0.05, 0) is 0 Å². The summed E-state index contributed by atoms with van der Waals surface area (Å²) in [5.74, 6) is 0. The molecule has 1 aliphatic rings. The first-order valence-electron chi connectivity index (χ1n) is 4.23. The molecule has 2 nitrogen and oxygen atoms in total. The molecule has 3 heteroatoms. The Kier molecular flexibility index (Phi) is 3.95. The van der Waals surface area contributed by atoms with E-state index >= 15 is 0 Å². The Morgan fingerprint density at radius 3 is 2.55 bits per heavy atom. The molecule has 0 bridgehead atoms. The molecule has 0 atom stereocenters. The SMILES string of the molecule is CN=C([Se])NC1CCCCC1. The summed E-state index contributed by atoms with van der Waals surface area (Å²) < 4.78 is 0.955. The van der Waals surface area contributed by atoms with Crippen LogP contribution in [0.4, 0.5) is 0 Å². The summed E-state index contributed by atoms with van der Waals surface area (Å²) in [6.45, 7) is 0. The topological polar surface area (TPSA) is 24.4 Å². The minimum absolute atomic E-state index is 0.670. The van der Waals surface area contributed by atoms with Gasteiger partial charge in [0.25, 0.3) is 0 Å². The molecular formula is C8H15N2Se. The molecule has 0 saturated heterocycles. The zero-order valence-corrected chi connectivity index (χ0v) is 8.68. The third-order valence-electron chi connectivity index (χ3n) is 2.14. The minimum atomic E-state index is 0.670. The van der Waals surface area contributed by atoms with E-state index in [1.807, 2.05) is 7.05 Å². The van der Waals surface area contributed by atoms with E-state index in [9.17, 15) is 0 Å². The molecule has 0 aromatic rings. The van der Waals surface area contributed by atoms with E-state index in [1.165, 1.54) is 32.1 Å². The number of rotatable bonds is 1. The maximum absolute atomic E-state index is 4.03. The maximum atomic E-state index is 4.03. The summed E-state index contributed by atoms with van der Waals surface area (Å²) in [6, 6.07) is 0.670. The fourth-order valence-electron chi connectivity index (χ4n) is 1.49. The second-order valence-electron chi connectivity index (χ2n) is 3.01. The van der Waals surface area contributed by atoms with Crippen LogP contribution in [0.5, 0.6) is 0 Å². The van der Waals surface area contributed by atoms with Crippen molar-refractivity contribution in [1.82, 2.24) is 5.32 Å². The fraction of sp³-hybridized carbons (Fsp3) is 0.875. The van der Waals surface area contributed by atoms with E-state index in [-0.39, 0.29) is 0 Å². The van der Waals surface area contributed by atoms with E-state index in [4.69, 9.17) is 0 Å². The van der Waals surface area contributed by atoms with Crippen molar-refractivity contribution in [3.05, 3.63) is 0 Å². The van der Waals surface area contributed by atoms with Crippen LogP contribution in [0.2, 0.25) is 0 Å². The number of hydrogen-bond acceptors (Lipinski definition) is 1. The summed E-state index contributed by atoms with van der Waals surface area (Å²) in [7, 11) is 1.81. The predicted octanol–water partition coefficient (Wildman–Crippen LogP) is 1.06. The van der Waals surface area contributed by atoms with Crippen LogP contribution in [-0.4, -0.2) is 33.8 Å². The van der Waals surface area contributed by atoms with E-state index < -0.39 is 0 Å². The van der Waals surface area contributed by atoms with Gasteiger partial charge in [-0.1, -0.05) is 0 Å². The Morgan fingerprint density at radius 1 is 1.36 bits per heavy atom. The molecule has 63 valence electrons. The second kappa shape index (κ2) is 4.78. The van der Waals surface area contributed by atoms with Gasteiger partial charge in [0.05, 0.1) is 0 Å². The molecule has 1 radical (unpaired) electrons. The number of amidine groups is 1. The van der Waals surface area contributed by atoms with Gasteiger partial charge in [0, 0.05) is 0 Å². The summed E-state index contributed by atoms with van der Waals surface area (Å²) in [5.41, 5.74) is 0. The molecule has 0 unspecified atom stereocenters. The molecule has 0 aromatic carbocycles. The van der Waals surface area contributed by atoms with Crippen LogP contribution in [0, 0.1) is 0 Å². The predicted molar refractivity (Wildman–Crippen MR) is 49.1 cm³/mol. The molecular weight excluding hydrogens is 203 g/mol. The van der Waals surface area contributed by atoms with E-state index in [1.54, 1.807) is 0 Å². The average Bonchev–Trinajstić information content (AvgIpc) is 2.06. The van der Waals surface area contributed by atoms with Gasteiger partial charge in [0.15, 0.2) is 0 Å². The van der Waals surface area contributed by atoms with Crippen molar-refractivity contribution in [2.75, 3.05) is 7.05 Å². The number of nitrogens with one attached hydrogen (secondary N) is 1. The number of hydrogen-bond donors (Lipinski definition) is 1. The van der Waals surface area contributed by atoms with Crippen LogP contribution >= 0.6 is 0 Å². The third-order valence-corrected chi connectivity index (χ3v) is 2.77. The zero-order valence-electron chi connectivity index (χ0n) is 6.97. The van der Waals surface area contributed by atoms with Crippen molar-refractivity contribution in [3.63, 3.8) is 0 Å². The van der Waals surface area contributed by atoms with Gasteiger partial charge >= 0.3 is 76.2 Å². The Labute approximate surface area is 76.7 Å². The zero-order chi connectivity index (χ0) is 8.10. The molecule has 0 aromatic heterocycles. The third kappa shape index (κ3) is 3.26. The molecule has 0 heterocycles. The Morgan fingerprint density at radius 2 is 2.00 bits per heavy atom. The molecule has 1 rings (SSSR count). The first kappa shape index (κ1) is 9.08. The fourth-order valence-corrected chi connectivity index (χ4v) is 1.84. The van der Waals surface area contributed by atoms with Gasteiger partial charge < -0.3 is 0 Å². The number of nitrogens with zero attached hydrogens (tertiary/aromatic N) is 1. The van der Waals surface area contributed by atoms with Crippen molar-refractivity contribution in [2.24, 2.45) is 4.99 Å². The van der Waals surface area contributed by atoms with E-state index in [0.29, 0.717) is 6.04 Å². The summed E-state index contributed by atoms with van der Waals surface area (Å²) in [6.07, 6.45) is 6.76. The average molecular weight is 218 g/mol. The molecule has 0 spiro atoms. The molecule has 1 N–H and O–H groups in total.